The van der Waals surface area contributed by atoms with E-state index in [2.05, 4.69) is 25.7 Å². The third-order valence-electron chi connectivity index (χ3n) is 4.14. The van der Waals surface area contributed by atoms with E-state index < -0.39 is 10.0 Å². The van der Waals surface area contributed by atoms with Crippen molar-refractivity contribution < 1.29 is 8.42 Å². The topological polar surface area (TPSA) is 78.7 Å². The fraction of sp³-hybridized carbons (Fsp3) is 0.421. The summed E-state index contributed by atoms with van der Waals surface area (Å²) in [7, 11) is 0.460. The Bertz CT molecular complexity index is 863. The number of guanidine groups is 1. The normalized spacial score (nSPS) is 11.8. The summed E-state index contributed by atoms with van der Waals surface area (Å²) in [6.07, 6.45) is 2.01. The number of hydrogen-bond donors (Lipinski definition) is 2. The Balaban J connectivity index is 0.00000392. The summed E-state index contributed by atoms with van der Waals surface area (Å²) in [4.78, 5) is 6.82. The quantitative estimate of drug-likeness (QED) is 0.243. The minimum atomic E-state index is -3.51. The summed E-state index contributed by atoms with van der Waals surface area (Å²) in [6.45, 7) is 5.97. The van der Waals surface area contributed by atoms with Gasteiger partial charge in [0.2, 0.25) is 10.0 Å². The van der Waals surface area contributed by atoms with Crippen LogP contribution in [-0.2, 0) is 23.6 Å². The number of sulfonamides is 1. The molecule has 0 saturated carbocycles. The van der Waals surface area contributed by atoms with Gasteiger partial charge < -0.3 is 14.8 Å². The van der Waals surface area contributed by atoms with Gasteiger partial charge in [0.05, 0.1) is 18.0 Å². The largest absolute Gasteiger partial charge is 0.357 e. The molecule has 0 unspecified atom stereocenters. The molecule has 28 heavy (non-hydrogen) atoms. The van der Waals surface area contributed by atoms with Crippen molar-refractivity contribution in [1.29, 1.82) is 0 Å². The Morgan fingerprint density at radius 2 is 1.89 bits per heavy atom. The van der Waals surface area contributed by atoms with Gasteiger partial charge in [0.1, 0.15) is 0 Å². The van der Waals surface area contributed by atoms with Crippen molar-refractivity contribution in [1.82, 2.24) is 19.5 Å². The number of aryl methyl sites for hydroxylation is 2. The highest BCUT2D eigenvalue weighted by Gasteiger charge is 2.13. The predicted molar refractivity (Wildman–Crippen MR) is 125 cm³/mol. The molecule has 0 aliphatic rings. The Kier molecular flexibility index (Phi) is 9.97. The van der Waals surface area contributed by atoms with E-state index in [1.807, 2.05) is 45.1 Å². The summed E-state index contributed by atoms with van der Waals surface area (Å²) in [6, 6.07) is 10.9. The SMILES string of the molecule is CCNC(=NCCNS(=O)(=O)c1ccc(C)cc1)N(C)Cc1cccn1C.I. The number of aromatic nitrogens is 1. The van der Waals surface area contributed by atoms with Crippen molar-refractivity contribution >= 4 is 40.0 Å². The summed E-state index contributed by atoms with van der Waals surface area (Å²) >= 11 is 0. The molecule has 0 amide bonds. The van der Waals surface area contributed by atoms with Crippen LogP contribution < -0.4 is 10.0 Å². The number of hydrogen-bond acceptors (Lipinski definition) is 3. The van der Waals surface area contributed by atoms with Gasteiger partial charge in [-0.1, -0.05) is 17.7 Å². The van der Waals surface area contributed by atoms with E-state index in [1.54, 1.807) is 24.3 Å². The van der Waals surface area contributed by atoms with Gasteiger partial charge in [0.15, 0.2) is 5.96 Å². The van der Waals surface area contributed by atoms with Crippen LogP contribution in [0.1, 0.15) is 18.2 Å². The van der Waals surface area contributed by atoms with Gasteiger partial charge in [-0.25, -0.2) is 13.1 Å². The van der Waals surface area contributed by atoms with Gasteiger partial charge in [0, 0.05) is 39.1 Å². The van der Waals surface area contributed by atoms with Gasteiger partial charge in [-0.2, -0.15) is 0 Å². The van der Waals surface area contributed by atoms with Gasteiger partial charge in [0.25, 0.3) is 0 Å². The van der Waals surface area contributed by atoms with Crippen LogP contribution in [0.4, 0.5) is 0 Å². The summed E-state index contributed by atoms with van der Waals surface area (Å²) in [5, 5.41) is 3.24. The summed E-state index contributed by atoms with van der Waals surface area (Å²) in [5.41, 5.74) is 2.19. The number of nitrogens with zero attached hydrogens (tertiary/aromatic N) is 3. The first-order valence-corrected chi connectivity index (χ1v) is 10.5. The lowest BCUT2D eigenvalue weighted by Crippen LogP contribution is -2.39. The second-order valence-electron chi connectivity index (χ2n) is 6.41. The van der Waals surface area contributed by atoms with Crippen LogP contribution in [0.3, 0.4) is 0 Å². The molecule has 1 aromatic heterocycles. The van der Waals surface area contributed by atoms with Crippen LogP contribution in [0.5, 0.6) is 0 Å². The molecular weight excluding hydrogens is 489 g/mol. The van der Waals surface area contributed by atoms with Crippen LogP contribution in [0.2, 0.25) is 0 Å². The predicted octanol–water partition coefficient (Wildman–Crippen LogP) is 2.33. The summed E-state index contributed by atoms with van der Waals surface area (Å²) < 4.78 is 29.3. The molecule has 2 N–H and O–H groups in total. The first-order valence-electron chi connectivity index (χ1n) is 8.99. The van der Waals surface area contributed by atoms with E-state index in [-0.39, 0.29) is 35.4 Å². The molecule has 0 aliphatic heterocycles. The highest BCUT2D eigenvalue weighted by molar-refractivity contribution is 14.0. The monoisotopic (exact) mass is 519 g/mol. The van der Waals surface area contributed by atoms with Crippen molar-refractivity contribution in [2.24, 2.45) is 12.0 Å². The molecule has 0 spiro atoms. The second kappa shape index (κ2) is 11.4. The fourth-order valence-corrected chi connectivity index (χ4v) is 3.61. The number of nitrogens with one attached hydrogen (secondary N) is 2. The maximum Gasteiger partial charge on any atom is 0.240 e. The molecule has 0 aliphatic carbocycles. The first kappa shape index (κ1) is 24.4. The van der Waals surface area contributed by atoms with Crippen molar-refractivity contribution in [3.05, 3.63) is 53.9 Å². The van der Waals surface area contributed by atoms with Crippen molar-refractivity contribution in [2.75, 3.05) is 26.7 Å². The lowest BCUT2D eigenvalue weighted by Gasteiger charge is -2.22. The van der Waals surface area contributed by atoms with Crippen LogP contribution in [0.15, 0.2) is 52.5 Å². The average Bonchev–Trinajstić information content (AvgIpc) is 3.02. The van der Waals surface area contributed by atoms with Crippen molar-refractivity contribution in [3.8, 4) is 0 Å². The zero-order valence-electron chi connectivity index (χ0n) is 16.8. The van der Waals surface area contributed by atoms with Crippen LogP contribution >= 0.6 is 24.0 Å². The highest BCUT2D eigenvalue weighted by atomic mass is 127. The minimum absolute atomic E-state index is 0. The molecule has 7 nitrogen and oxygen atoms in total. The molecule has 9 heteroatoms. The standard InChI is InChI=1S/C19H29N5O2S.HI/c1-5-20-19(24(4)15-17-7-6-14-23(17)3)21-12-13-22-27(25,26)18-10-8-16(2)9-11-18;/h6-11,14,22H,5,12-13,15H2,1-4H3,(H,20,21);1H. The number of aliphatic imine (C=N–C) groups is 1. The van der Waals surface area contributed by atoms with E-state index >= 15 is 0 Å². The number of rotatable bonds is 8. The van der Waals surface area contributed by atoms with Gasteiger partial charge in [-0.15, -0.1) is 24.0 Å². The molecule has 156 valence electrons. The molecule has 0 bridgehead atoms. The van der Waals surface area contributed by atoms with Crippen LogP contribution in [0, 0.1) is 6.92 Å². The number of halogens is 1. The van der Waals surface area contributed by atoms with Crippen molar-refractivity contribution in [2.45, 2.75) is 25.3 Å². The Hall–Kier alpha value is -1.59. The van der Waals surface area contributed by atoms with E-state index in [0.29, 0.717) is 13.1 Å². The fourth-order valence-electron chi connectivity index (χ4n) is 2.59. The van der Waals surface area contributed by atoms with Gasteiger partial charge in [-0.05, 0) is 38.1 Å². The third kappa shape index (κ3) is 7.10. The van der Waals surface area contributed by atoms with Crippen LogP contribution in [0.25, 0.3) is 0 Å². The molecule has 2 rings (SSSR count). The van der Waals surface area contributed by atoms with Gasteiger partial charge >= 0.3 is 0 Å². The molecule has 0 saturated heterocycles. The third-order valence-corrected chi connectivity index (χ3v) is 5.62. The van der Waals surface area contributed by atoms with E-state index in [0.717, 1.165) is 18.1 Å². The minimum Gasteiger partial charge on any atom is -0.357 e. The summed E-state index contributed by atoms with van der Waals surface area (Å²) in [5.74, 6) is 0.744. The Morgan fingerprint density at radius 1 is 1.21 bits per heavy atom. The smallest absolute Gasteiger partial charge is 0.240 e. The second-order valence-corrected chi connectivity index (χ2v) is 8.18. The first-order chi connectivity index (χ1) is 12.8. The molecular formula is C19H30IN5O2S. The Morgan fingerprint density at radius 3 is 2.46 bits per heavy atom. The molecule has 0 fully saturated rings. The number of benzene rings is 1. The molecule has 1 heterocycles. The average molecular weight is 519 g/mol. The zero-order chi connectivity index (χ0) is 19.9. The molecule has 0 radical (unpaired) electrons. The molecule has 1 aromatic carbocycles. The maximum absolute atomic E-state index is 12.3. The molecule has 2 aromatic rings. The maximum atomic E-state index is 12.3. The Labute approximate surface area is 185 Å². The molecule has 0 atom stereocenters. The van der Waals surface area contributed by atoms with E-state index in [1.165, 1.54) is 5.69 Å². The van der Waals surface area contributed by atoms with Crippen LogP contribution in [-0.4, -0.2) is 50.5 Å². The van der Waals surface area contributed by atoms with E-state index in [4.69, 9.17) is 0 Å². The lowest BCUT2D eigenvalue weighted by atomic mass is 10.2. The zero-order valence-corrected chi connectivity index (χ0v) is 20.0. The van der Waals surface area contributed by atoms with E-state index in [9.17, 15) is 8.42 Å². The van der Waals surface area contributed by atoms with Crippen molar-refractivity contribution in [3.63, 3.8) is 0 Å². The highest BCUT2D eigenvalue weighted by Crippen LogP contribution is 2.09. The van der Waals surface area contributed by atoms with Gasteiger partial charge in [-0.3, -0.25) is 4.99 Å². The lowest BCUT2D eigenvalue weighted by molar-refractivity contribution is 0.462.